The van der Waals surface area contributed by atoms with Crippen LogP contribution in [-0.4, -0.2) is 66.1 Å². The van der Waals surface area contributed by atoms with Gasteiger partial charge in [-0.3, -0.25) is 9.69 Å². The number of thiophene rings is 1. The second kappa shape index (κ2) is 9.30. The van der Waals surface area contributed by atoms with Gasteiger partial charge in [0.1, 0.15) is 11.4 Å². The third-order valence-corrected chi connectivity index (χ3v) is 6.79. The molecule has 1 aliphatic rings. The highest BCUT2D eigenvalue weighted by Gasteiger charge is 2.27. The molecule has 0 atom stereocenters. The van der Waals surface area contributed by atoms with E-state index >= 15 is 0 Å². The van der Waals surface area contributed by atoms with Crippen molar-refractivity contribution in [2.24, 2.45) is 0 Å². The van der Waals surface area contributed by atoms with E-state index in [4.69, 9.17) is 9.47 Å². The number of hydrogen-bond acceptors (Lipinski definition) is 7. The second-order valence-corrected chi connectivity index (χ2v) is 8.87. The summed E-state index contributed by atoms with van der Waals surface area (Å²) in [7, 11) is 3.19. The summed E-state index contributed by atoms with van der Waals surface area (Å²) in [5.74, 6) is 1.11. The van der Waals surface area contributed by atoms with Crippen LogP contribution in [0.5, 0.6) is 5.88 Å². The van der Waals surface area contributed by atoms with Crippen LogP contribution < -0.4 is 4.74 Å². The van der Waals surface area contributed by atoms with Gasteiger partial charge in [-0.05, 0) is 25.0 Å². The molecule has 1 saturated heterocycles. The van der Waals surface area contributed by atoms with E-state index in [1.165, 1.54) is 22.5 Å². The van der Waals surface area contributed by atoms with Gasteiger partial charge >= 0.3 is 0 Å². The zero-order valence-electron chi connectivity index (χ0n) is 18.5. The van der Waals surface area contributed by atoms with Gasteiger partial charge in [-0.25, -0.2) is 4.98 Å². The normalized spacial score (nSPS) is 14.9. The first-order chi connectivity index (χ1) is 15.0. The standard InChI is InChI=1S/C23H28N4O3S/c1-15-6-5-7-17(12-15)13-26-8-10-27(11-9-26)23(28)20-16(2)19-21(30-4)24-18(14-29-3)25-22(19)31-20/h5-7,12H,8-11,13-14H2,1-4H3. The summed E-state index contributed by atoms with van der Waals surface area (Å²) in [6, 6.07) is 8.61. The van der Waals surface area contributed by atoms with E-state index in [2.05, 4.69) is 46.1 Å². The molecule has 4 rings (SSSR count). The zero-order valence-corrected chi connectivity index (χ0v) is 19.3. The Hall–Kier alpha value is -2.55. The van der Waals surface area contributed by atoms with E-state index in [1.54, 1.807) is 14.2 Å². The van der Waals surface area contributed by atoms with Crippen molar-refractivity contribution in [1.82, 2.24) is 19.8 Å². The molecule has 0 unspecified atom stereocenters. The van der Waals surface area contributed by atoms with Gasteiger partial charge in [0.2, 0.25) is 5.88 Å². The van der Waals surface area contributed by atoms with Gasteiger partial charge in [0, 0.05) is 39.8 Å². The Bertz CT molecular complexity index is 1090. The van der Waals surface area contributed by atoms with E-state index in [-0.39, 0.29) is 5.91 Å². The maximum absolute atomic E-state index is 13.3. The molecule has 1 aliphatic heterocycles. The Morgan fingerprint density at radius 1 is 1.13 bits per heavy atom. The van der Waals surface area contributed by atoms with Gasteiger partial charge in [0.05, 0.1) is 17.4 Å². The number of carbonyl (C=O) groups excluding carboxylic acids is 1. The molecule has 7 nitrogen and oxygen atoms in total. The summed E-state index contributed by atoms with van der Waals surface area (Å²) in [5.41, 5.74) is 3.48. The van der Waals surface area contributed by atoms with Crippen molar-refractivity contribution in [2.45, 2.75) is 27.0 Å². The topological polar surface area (TPSA) is 67.8 Å². The minimum atomic E-state index is 0.0612. The number of rotatable bonds is 6. The molecule has 1 amide bonds. The van der Waals surface area contributed by atoms with Gasteiger partial charge in [-0.1, -0.05) is 29.8 Å². The van der Waals surface area contributed by atoms with E-state index in [0.29, 0.717) is 23.2 Å². The lowest BCUT2D eigenvalue weighted by molar-refractivity contribution is 0.0632. The van der Waals surface area contributed by atoms with Crippen molar-refractivity contribution in [3.63, 3.8) is 0 Å². The Labute approximate surface area is 186 Å². The molecule has 31 heavy (non-hydrogen) atoms. The van der Waals surface area contributed by atoms with Gasteiger partial charge < -0.3 is 14.4 Å². The minimum Gasteiger partial charge on any atom is -0.480 e. The van der Waals surface area contributed by atoms with Crippen LogP contribution >= 0.6 is 11.3 Å². The second-order valence-electron chi connectivity index (χ2n) is 7.88. The Morgan fingerprint density at radius 2 is 1.90 bits per heavy atom. The summed E-state index contributed by atoms with van der Waals surface area (Å²) < 4.78 is 10.6. The Morgan fingerprint density at radius 3 is 2.58 bits per heavy atom. The van der Waals surface area contributed by atoms with Gasteiger partial charge in [0.15, 0.2) is 5.82 Å². The van der Waals surface area contributed by atoms with Crippen LogP contribution in [-0.2, 0) is 17.9 Å². The van der Waals surface area contributed by atoms with Crippen molar-refractivity contribution in [2.75, 3.05) is 40.4 Å². The summed E-state index contributed by atoms with van der Waals surface area (Å²) in [6.07, 6.45) is 0. The molecular weight excluding hydrogens is 412 g/mol. The fourth-order valence-electron chi connectivity index (χ4n) is 4.01. The smallest absolute Gasteiger partial charge is 0.264 e. The Kier molecular flexibility index (Phi) is 6.50. The summed E-state index contributed by atoms with van der Waals surface area (Å²) >= 11 is 1.41. The third kappa shape index (κ3) is 4.56. The predicted molar refractivity (Wildman–Crippen MR) is 122 cm³/mol. The Balaban J connectivity index is 1.49. The first-order valence-electron chi connectivity index (χ1n) is 10.4. The molecule has 164 valence electrons. The lowest BCUT2D eigenvalue weighted by Crippen LogP contribution is -2.48. The zero-order chi connectivity index (χ0) is 22.0. The number of ether oxygens (including phenoxy) is 2. The number of benzene rings is 1. The molecule has 1 fully saturated rings. The van der Waals surface area contributed by atoms with Crippen LogP contribution in [0.15, 0.2) is 24.3 Å². The van der Waals surface area contributed by atoms with Gasteiger partial charge in [-0.15, -0.1) is 11.3 Å². The number of nitrogens with zero attached hydrogens (tertiary/aromatic N) is 4. The van der Waals surface area contributed by atoms with Gasteiger partial charge in [-0.2, -0.15) is 4.98 Å². The molecule has 3 heterocycles. The molecule has 0 saturated carbocycles. The maximum Gasteiger partial charge on any atom is 0.264 e. The SMILES string of the molecule is COCc1nc(OC)c2c(C)c(C(=O)N3CCN(Cc4cccc(C)c4)CC3)sc2n1. The molecular formula is C23H28N4O3S. The molecule has 0 bridgehead atoms. The number of methoxy groups -OCH3 is 2. The van der Waals surface area contributed by atoms with Crippen molar-refractivity contribution in [1.29, 1.82) is 0 Å². The van der Waals surface area contributed by atoms with Crippen molar-refractivity contribution in [3.05, 3.63) is 51.7 Å². The molecule has 0 aliphatic carbocycles. The molecule has 0 radical (unpaired) electrons. The highest BCUT2D eigenvalue weighted by molar-refractivity contribution is 7.20. The van der Waals surface area contributed by atoms with Crippen molar-refractivity contribution < 1.29 is 14.3 Å². The minimum absolute atomic E-state index is 0.0612. The van der Waals surface area contributed by atoms with Gasteiger partial charge in [0.25, 0.3) is 5.91 Å². The highest BCUT2D eigenvalue weighted by atomic mass is 32.1. The van der Waals surface area contributed by atoms with E-state index in [0.717, 1.165) is 48.5 Å². The molecule has 0 N–H and O–H groups in total. The van der Waals surface area contributed by atoms with Crippen LogP contribution in [0.2, 0.25) is 0 Å². The highest BCUT2D eigenvalue weighted by Crippen LogP contribution is 2.35. The number of aryl methyl sites for hydroxylation is 2. The van der Waals surface area contributed by atoms with Crippen LogP contribution in [0.3, 0.4) is 0 Å². The van der Waals surface area contributed by atoms with Crippen LogP contribution in [0.25, 0.3) is 10.2 Å². The average molecular weight is 441 g/mol. The molecule has 8 heteroatoms. The first-order valence-corrected chi connectivity index (χ1v) is 11.2. The van der Waals surface area contributed by atoms with Crippen LogP contribution in [0.1, 0.15) is 32.2 Å². The summed E-state index contributed by atoms with van der Waals surface area (Å²) in [5, 5.41) is 0.814. The fraction of sp³-hybridized carbons (Fsp3) is 0.435. The number of piperazine rings is 1. The number of hydrogen-bond donors (Lipinski definition) is 0. The third-order valence-electron chi connectivity index (χ3n) is 5.61. The number of fused-ring (bicyclic) bond motifs is 1. The number of aromatic nitrogens is 2. The van der Waals surface area contributed by atoms with E-state index in [9.17, 15) is 4.79 Å². The predicted octanol–water partition coefficient (Wildman–Crippen LogP) is 3.42. The number of carbonyl (C=O) groups is 1. The maximum atomic E-state index is 13.3. The lowest BCUT2D eigenvalue weighted by atomic mass is 10.1. The largest absolute Gasteiger partial charge is 0.480 e. The monoisotopic (exact) mass is 440 g/mol. The van der Waals surface area contributed by atoms with Crippen molar-refractivity contribution in [3.8, 4) is 5.88 Å². The summed E-state index contributed by atoms with van der Waals surface area (Å²) in [4.78, 5) is 28.1. The van der Waals surface area contributed by atoms with E-state index < -0.39 is 0 Å². The number of amides is 1. The molecule has 0 spiro atoms. The summed E-state index contributed by atoms with van der Waals surface area (Å²) in [6.45, 7) is 8.45. The molecule has 2 aromatic heterocycles. The first kappa shape index (κ1) is 21.7. The van der Waals surface area contributed by atoms with E-state index in [1.807, 2.05) is 11.8 Å². The molecule has 3 aromatic rings. The molecule has 1 aromatic carbocycles. The fourth-order valence-corrected chi connectivity index (χ4v) is 5.17. The average Bonchev–Trinajstić information content (AvgIpc) is 3.10. The quantitative estimate of drug-likeness (QED) is 0.585. The van der Waals surface area contributed by atoms with Crippen molar-refractivity contribution >= 4 is 27.5 Å². The van der Waals surface area contributed by atoms with Crippen LogP contribution in [0.4, 0.5) is 0 Å². The lowest BCUT2D eigenvalue weighted by Gasteiger charge is -2.34. The van der Waals surface area contributed by atoms with Crippen LogP contribution in [0, 0.1) is 13.8 Å².